The van der Waals surface area contributed by atoms with Gasteiger partial charge in [-0.1, -0.05) is 6.07 Å². The molecule has 7 nitrogen and oxygen atoms in total. The van der Waals surface area contributed by atoms with E-state index in [9.17, 15) is 13.2 Å². The van der Waals surface area contributed by atoms with Gasteiger partial charge in [-0.2, -0.15) is 4.31 Å². The molecule has 2 saturated heterocycles. The number of ether oxygens (including phenoxy) is 2. The van der Waals surface area contributed by atoms with Crippen molar-refractivity contribution in [1.82, 2.24) is 9.62 Å². The van der Waals surface area contributed by atoms with Gasteiger partial charge in [-0.3, -0.25) is 4.79 Å². The molecule has 2 heterocycles. The molecule has 3 rings (SSSR count). The molecule has 2 aliphatic heterocycles. The normalized spacial score (nSPS) is 22.5. The van der Waals surface area contributed by atoms with Crippen LogP contribution in [0.25, 0.3) is 0 Å². The van der Waals surface area contributed by atoms with Crippen molar-refractivity contribution in [3.8, 4) is 0 Å². The summed E-state index contributed by atoms with van der Waals surface area (Å²) in [5, 5.41) is 2.82. The molecule has 0 spiro atoms. The largest absolute Gasteiger partial charge is 0.380 e. The van der Waals surface area contributed by atoms with E-state index in [1.807, 2.05) is 0 Å². The Morgan fingerprint density at radius 1 is 1.20 bits per heavy atom. The average Bonchev–Trinajstić information content (AvgIpc) is 2.99. The van der Waals surface area contributed by atoms with Gasteiger partial charge >= 0.3 is 0 Å². The summed E-state index contributed by atoms with van der Waals surface area (Å²) in [5.41, 5.74) is 0.338. The van der Waals surface area contributed by atoms with E-state index in [2.05, 4.69) is 5.32 Å². The zero-order valence-corrected chi connectivity index (χ0v) is 15.0. The van der Waals surface area contributed by atoms with Crippen molar-refractivity contribution in [3.05, 3.63) is 29.8 Å². The first-order valence-electron chi connectivity index (χ1n) is 8.65. The average molecular weight is 368 g/mol. The standard InChI is InChI=1S/C17H24N2O5S/c20-17(18-13-15-5-2-10-24-15)14-4-1-6-16(12-14)25(21,22)19-7-3-9-23-11-8-19/h1,4,6,12,15H,2-3,5,7-11,13H2,(H,18,20). The first kappa shape index (κ1) is 18.3. The fourth-order valence-corrected chi connectivity index (χ4v) is 4.53. The Hall–Kier alpha value is -1.48. The van der Waals surface area contributed by atoms with E-state index in [1.165, 1.54) is 16.4 Å². The highest BCUT2D eigenvalue weighted by Gasteiger charge is 2.26. The molecular weight excluding hydrogens is 344 g/mol. The minimum atomic E-state index is -3.62. The molecule has 1 amide bonds. The molecule has 0 aromatic heterocycles. The van der Waals surface area contributed by atoms with E-state index in [4.69, 9.17) is 9.47 Å². The van der Waals surface area contributed by atoms with E-state index >= 15 is 0 Å². The molecule has 2 aliphatic rings. The lowest BCUT2D eigenvalue weighted by Gasteiger charge is -2.19. The monoisotopic (exact) mass is 368 g/mol. The van der Waals surface area contributed by atoms with Gasteiger partial charge in [0, 0.05) is 38.4 Å². The first-order chi connectivity index (χ1) is 12.1. The Balaban J connectivity index is 1.70. The van der Waals surface area contributed by atoms with Crippen LogP contribution in [0.5, 0.6) is 0 Å². The number of nitrogens with zero attached hydrogens (tertiary/aromatic N) is 1. The second-order valence-corrected chi connectivity index (χ2v) is 8.18. The topological polar surface area (TPSA) is 84.9 Å². The zero-order valence-electron chi connectivity index (χ0n) is 14.1. The van der Waals surface area contributed by atoms with E-state index < -0.39 is 10.0 Å². The number of carbonyl (C=O) groups is 1. The minimum absolute atomic E-state index is 0.0490. The van der Waals surface area contributed by atoms with Gasteiger partial charge in [0.2, 0.25) is 10.0 Å². The number of hydrogen-bond donors (Lipinski definition) is 1. The molecule has 0 radical (unpaired) electrons. The number of hydrogen-bond acceptors (Lipinski definition) is 5. The van der Waals surface area contributed by atoms with Crippen LogP contribution in [-0.2, 0) is 19.5 Å². The Labute approximate surface area is 148 Å². The van der Waals surface area contributed by atoms with Gasteiger partial charge in [0.25, 0.3) is 5.91 Å². The summed E-state index contributed by atoms with van der Waals surface area (Å²) in [6, 6.07) is 6.18. The predicted octanol–water partition coefficient (Wildman–Crippen LogP) is 1.01. The summed E-state index contributed by atoms with van der Waals surface area (Å²) in [7, 11) is -3.62. The van der Waals surface area contributed by atoms with Crippen molar-refractivity contribution in [2.75, 3.05) is 39.5 Å². The third-order valence-electron chi connectivity index (χ3n) is 4.43. The predicted molar refractivity (Wildman–Crippen MR) is 91.9 cm³/mol. The van der Waals surface area contributed by atoms with Crippen molar-refractivity contribution in [1.29, 1.82) is 0 Å². The fraction of sp³-hybridized carbons (Fsp3) is 0.588. The summed E-state index contributed by atoms with van der Waals surface area (Å²) in [4.78, 5) is 12.5. The van der Waals surface area contributed by atoms with Crippen LogP contribution in [0.4, 0.5) is 0 Å². The van der Waals surface area contributed by atoms with Crippen molar-refractivity contribution < 1.29 is 22.7 Å². The van der Waals surface area contributed by atoms with E-state index in [-0.39, 0.29) is 16.9 Å². The summed E-state index contributed by atoms with van der Waals surface area (Å²) < 4.78 is 37.8. The van der Waals surface area contributed by atoms with Crippen LogP contribution < -0.4 is 5.32 Å². The maximum absolute atomic E-state index is 12.8. The second-order valence-electron chi connectivity index (χ2n) is 6.24. The third kappa shape index (κ3) is 4.58. The Morgan fingerprint density at radius 2 is 2.08 bits per heavy atom. The van der Waals surface area contributed by atoms with Crippen molar-refractivity contribution in [2.24, 2.45) is 0 Å². The van der Waals surface area contributed by atoms with Crippen molar-refractivity contribution >= 4 is 15.9 Å². The molecule has 1 unspecified atom stereocenters. The highest BCUT2D eigenvalue weighted by molar-refractivity contribution is 7.89. The number of rotatable bonds is 5. The van der Waals surface area contributed by atoms with Gasteiger partial charge in [0.15, 0.2) is 0 Å². The van der Waals surface area contributed by atoms with Crippen LogP contribution >= 0.6 is 0 Å². The third-order valence-corrected chi connectivity index (χ3v) is 6.32. The lowest BCUT2D eigenvalue weighted by Crippen LogP contribution is -2.34. The van der Waals surface area contributed by atoms with Crippen molar-refractivity contribution in [2.45, 2.75) is 30.3 Å². The molecule has 0 bridgehead atoms. The lowest BCUT2D eigenvalue weighted by atomic mass is 10.2. The van der Waals surface area contributed by atoms with Gasteiger partial charge in [-0.25, -0.2) is 8.42 Å². The Bertz CT molecular complexity index is 693. The number of carbonyl (C=O) groups excluding carboxylic acids is 1. The molecule has 138 valence electrons. The maximum Gasteiger partial charge on any atom is 0.251 e. The molecule has 1 atom stereocenters. The highest BCUT2D eigenvalue weighted by Crippen LogP contribution is 2.19. The van der Waals surface area contributed by atoms with Crippen LogP contribution in [0.1, 0.15) is 29.6 Å². The van der Waals surface area contributed by atoms with Crippen LogP contribution in [-0.4, -0.2) is 64.2 Å². The van der Waals surface area contributed by atoms with Crippen LogP contribution in [0.15, 0.2) is 29.2 Å². The zero-order chi connectivity index (χ0) is 17.7. The molecule has 25 heavy (non-hydrogen) atoms. The molecule has 1 aromatic rings. The summed E-state index contributed by atoms with van der Waals surface area (Å²) in [6.07, 6.45) is 2.66. The molecule has 1 aromatic carbocycles. The van der Waals surface area contributed by atoms with E-state index in [1.54, 1.807) is 12.1 Å². The van der Waals surface area contributed by atoms with Gasteiger partial charge in [0.05, 0.1) is 17.6 Å². The van der Waals surface area contributed by atoms with E-state index in [0.29, 0.717) is 44.8 Å². The smallest absolute Gasteiger partial charge is 0.251 e. The van der Waals surface area contributed by atoms with Gasteiger partial charge < -0.3 is 14.8 Å². The van der Waals surface area contributed by atoms with Crippen LogP contribution in [0.2, 0.25) is 0 Å². The molecule has 1 N–H and O–H groups in total. The Kier molecular flexibility index (Phi) is 6.06. The SMILES string of the molecule is O=C(NCC1CCCO1)c1cccc(S(=O)(=O)N2CCCOCC2)c1. The Morgan fingerprint density at radius 3 is 2.88 bits per heavy atom. The molecule has 8 heteroatoms. The molecule has 2 fully saturated rings. The second kappa shape index (κ2) is 8.27. The summed E-state index contributed by atoms with van der Waals surface area (Å²) >= 11 is 0. The maximum atomic E-state index is 12.8. The van der Waals surface area contributed by atoms with Gasteiger partial charge in [-0.05, 0) is 37.5 Å². The molecule has 0 aliphatic carbocycles. The van der Waals surface area contributed by atoms with E-state index in [0.717, 1.165) is 19.4 Å². The molecule has 0 saturated carbocycles. The summed E-state index contributed by atoms with van der Waals surface area (Å²) in [6.45, 7) is 2.89. The van der Waals surface area contributed by atoms with Crippen LogP contribution in [0.3, 0.4) is 0 Å². The van der Waals surface area contributed by atoms with Gasteiger partial charge in [0.1, 0.15) is 0 Å². The number of amides is 1. The number of nitrogens with one attached hydrogen (secondary N) is 1. The van der Waals surface area contributed by atoms with Crippen molar-refractivity contribution in [3.63, 3.8) is 0 Å². The summed E-state index contributed by atoms with van der Waals surface area (Å²) in [5.74, 6) is -0.285. The first-order valence-corrected chi connectivity index (χ1v) is 10.1. The lowest BCUT2D eigenvalue weighted by molar-refractivity contribution is 0.0857. The van der Waals surface area contributed by atoms with Crippen LogP contribution in [0, 0.1) is 0 Å². The highest BCUT2D eigenvalue weighted by atomic mass is 32.2. The van der Waals surface area contributed by atoms with Gasteiger partial charge in [-0.15, -0.1) is 0 Å². The molecular formula is C17H24N2O5S. The quantitative estimate of drug-likeness (QED) is 0.838. The fourth-order valence-electron chi connectivity index (χ4n) is 3.02. The minimum Gasteiger partial charge on any atom is -0.380 e. The number of benzene rings is 1. The number of sulfonamides is 1.